The van der Waals surface area contributed by atoms with Crippen molar-refractivity contribution in [1.82, 2.24) is 9.80 Å². The fourth-order valence-electron chi connectivity index (χ4n) is 2.89. The van der Waals surface area contributed by atoms with E-state index in [9.17, 15) is 9.59 Å². The lowest BCUT2D eigenvalue weighted by atomic mass is 10.0. The second-order valence-electron chi connectivity index (χ2n) is 6.44. The third-order valence-electron chi connectivity index (χ3n) is 4.28. The Balaban J connectivity index is 0.00000288. The maximum absolute atomic E-state index is 12.5. The lowest BCUT2D eigenvalue weighted by molar-refractivity contribution is -0.135. The molecule has 1 fully saturated rings. The van der Waals surface area contributed by atoms with Crippen molar-refractivity contribution in [3.63, 3.8) is 0 Å². The Morgan fingerprint density at radius 1 is 1.04 bits per heavy atom. The van der Waals surface area contributed by atoms with Gasteiger partial charge in [-0.3, -0.25) is 9.59 Å². The summed E-state index contributed by atoms with van der Waals surface area (Å²) in [5, 5.41) is 0. The standard InChI is InChI=1S/C18H27N3O2.ClH/c1-14(2)18(23)21-10-6-9-20(11-12-21)17(22)13-16(19)15-7-4-3-5-8-15;/h3-5,7-8,14,16H,6,9-13,19H2,1-2H3;1H. The maximum atomic E-state index is 12.5. The quantitative estimate of drug-likeness (QED) is 0.902. The molecule has 1 aliphatic rings. The van der Waals surface area contributed by atoms with E-state index in [0.29, 0.717) is 26.1 Å². The van der Waals surface area contributed by atoms with Gasteiger partial charge in [0.1, 0.15) is 0 Å². The number of rotatable bonds is 4. The molecule has 2 N–H and O–H groups in total. The van der Waals surface area contributed by atoms with Gasteiger partial charge in [-0.05, 0) is 12.0 Å². The molecule has 0 spiro atoms. The molecule has 0 bridgehead atoms. The van der Waals surface area contributed by atoms with Gasteiger partial charge >= 0.3 is 0 Å². The van der Waals surface area contributed by atoms with Crippen LogP contribution < -0.4 is 5.73 Å². The first-order chi connectivity index (χ1) is 11.0. The minimum absolute atomic E-state index is 0. The van der Waals surface area contributed by atoms with Crippen LogP contribution >= 0.6 is 12.4 Å². The van der Waals surface area contributed by atoms with E-state index in [1.54, 1.807) is 0 Å². The molecule has 0 aliphatic carbocycles. The molecule has 1 unspecified atom stereocenters. The van der Waals surface area contributed by atoms with Crippen molar-refractivity contribution in [2.24, 2.45) is 11.7 Å². The van der Waals surface area contributed by atoms with Crippen LogP contribution in [0.1, 0.15) is 38.3 Å². The van der Waals surface area contributed by atoms with Crippen molar-refractivity contribution in [3.8, 4) is 0 Å². The van der Waals surface area contributed by atoms with Crippen molar-refractivity contribution in [3.05, 3.63) is 35.9 Å². The smallest absolute Gasteiger partial charge is 0.225 e. The van der Waals surface area contributed by atoms with Crippen LogP contribution in [0.5, 0.6) is 0 Å². The average molecular weight is 354 g/mol. The number of hydrogen-bond acceptors (Lipinski definition) is 3. The van der Waals surface area contributed by atoms with Gasteiger partial charge in [-0.2, -0.15) is 0 Å². The highest BCUT2D eigenvalue weighted by Crippen LogP contribution is 2.16. The number of halogens is 1. The van der Waals surface area contributed by atoms with Crippen LogP contribution in [0.3, 0.4) is 0 Å². The summed E-state index contributed by atoms with van der Waals surface area (Å²) in [4.78, 5) is 28.3. The molecule has 5 nitrogen and oxygen atoms in total. The minimum Gasteiger partial charge on any atom is -0.341 e. The summed E-state index contributed by atoms with van der Waals surface area (Å²) in [5.41, 5.74) is 7.12. The zero-order chi connectivity index (χ0) is 16.8. The molecule has 1 aliphatic heterocycles. The second-order valence-corrected chi connectivity index (χ2v) is 6.44. The lowest BCUT2D eigenvalue weighted by Crippen LogP contribution is -2.39. The number of benzene rings is 1. The Kier molecular flexibility index (Phi) is 8.22. The molecule has 2 amide bonds. The second kappa shape index (κ2) is 9.64. The van der Waals surface area contributed by atoms with Gasteiger partial charge in [0.2, 0.25) is 11.8 Å². The molecule has 1 heterocycles. The third-order valence-corrected chi connectivity index (χ3v) is 4.28. The highest BCUT2D eigenvalue weighted by molar-refractivity contribution is 5.85. The largest absolute Gasteiger partial charge is 0.341 e. The Labute approximate surface area is 150 Å². The first-order valence-corrected chi connectivity index (χ1v) is 8.36. The first kappa shape index (κ1) is 20.5. The molecule has 0 saturated carbocycles. The van der Waals surface area contributed by atoms with Crippen molar-refractivity contribution < 1.29 is 9.59 Å². The predicted molar refractivity (Wildman–Crippen MR) is 97.9 cm³/mol. The summed E-state index contributed by atoms with van der Waals surface area (Å²) < 4.78 is 0. The SMILES string of the molecule is CC(C)C(=O)N1CCCN(C(=O)CC(N)c2ccccc2)CC1.Cl. The van der Waals surface area contributed by atoms with E-state index in [-0.39, 0.29) is 36.2 Å². The van der Waals surface area contributed by atoms with Crippen LogP contribution in [0.4, 0.5) is 0 Å². The molecule has 0 aromatic heterocycles. The lowest BCUT2D eigenvalue weighted by Gasteiger charge is -2.24. The van der Waals surface area contributed by atoms with E-state index >= 15 is 0 Å². The van der Waals surface area contributed by atoms with E-state index in [4.69, 9.17) is 5.73 Å². The summed E-state index contributed by atoms with van der Waals surface area (Å²) >= 11 is 0. The van der Waals surface area contributed by atoms with Gasteiger partial charge in [0, 0.05) is 44.6 Å². The monoisotopic (exact) mass is 353 g/mol. The van der Waals surface area contributed by atoms with Crippen molar-refractivity contribution >= 4 is 24.2 Å². The van der Waals surface area contributed by atoms with Gasteiger partial charge in [-0.1, -0.05) is 44.2 Å². The highest BCUT2D eigenvalue weighted by atomic mass is 35.5. The topological polar surface area (TPSA) is 66.6 Å². The number of nitrogens with two attached hydrogens (primary N) is 1. The van der Waals surface area contributed by atoms with Crippen molar-refractivity contribution in [1.29, 1.82) is 0 Å². The molecular weight excluding hydrogens is 326 g/mol. The Hall–Kier alpha value is -1.59. The van der Waals surface area contributed by atoms with Gasteiger partial charge < -0.3 is 15.5 Å². The number of amides is 2. The molecular formula is C18H28ClN3O2. The van der Waals surface area contributed by atoms with Crippen LogP contribution in [0, 0.1) is 5.92 Å². The maximum Gasteiger partial charge on any atom is 0.225 e. The molecule has 1 aromatic rings. The van der Waals surface area contributed by atoms with Gasteiger partial charge in [0.05, 0.1) is 0 Å². The zero-order valence-electron chi connectivity index (χ0n) is 14.5. The normalized spacial score (nSPS) is 16.3. The molecule has 134 valence electrons. The van der Waals surface area contributed by atoms with Crippen molar-refractivity contribution in [2.45, 2.75) is 32.7 Å². The molecule has 1 atom stereocenters. The van der Waals surface area contributed by atoms with E-state index in [1.165, 1.54) is 0 Å². The van der Waals surface area contributed by atoms with Gasteiger partial charge in [-0.15, -0.1) is 12.4 Å². The van der Waals surface area contributed by atoms with E-state index in [1.807, 2.05) is 54.0 Å². The van der Waals surface area contributed by atoms with Crippen molar-refractivity contribution in [2.75, 3.05) is 26.2 Å². The number of hydrogen-bond donors (Lipinski definition) is 1. The van der Waals surface area contributed by atoms with Crippen LogP contribution in [0.15, 0.2) is 30.3 Å². The molecule has 1 aromatic carbocycles. The molecule has 2 rings (SSSR count). The molecule has 1 saturated heterocycles. The summed E-state index contributed by atoms with van der Waals surface area (Å²) in [6, 6.07) is 9.42. The van der Waals surface area contributed by atoms with Gasteiger partial charge in [0.25, 0.3) is 0 Å². The zero-order valence-corrected chi connectivity index (χ0v) is 15.3. The number of nitrogens with zero attached hydrogens (tertiary/aromatic N) is 2. The minimum atomic E-state index is -0.277. The summed E-state index contributed by atoms with van der Waals surface area (Å²) in [6.07, 6.45) is 1.13. The third kappa shape index (κ3) is 5.49. The first-order valence-electron chi connectivity index (χ1n) is 8.36. The van der Waals surface area contributed by atoms with Crippen LogP contribution in [0.25, 0.3) is 0 Å². The van der Waals surface area contributed by atoms with Gasteiger partial charge in [0.15, 0.2) is 0 Å². The van der Waals surface area contributed by atoms with E-state index in [0.717, 1.165) is 18.5 Å². The molecule has 0 radical (unpaired) electrons. The van der Waals surface area contributed by atoms with Crippen LogP contribution in [0.2, 0.25) is 0 Å². The Morgan fingerprint density at radius 3 is 2.25 bits per heavy atom. The fourth-order valence-corrected chi connectivity index (χ4v) is 2.89. The molecule has 24 heavy (non-hydrogen) atoms. The molecule has 6 heteroatoms. The number of carbonyl (C=O) groups excluding carboxylic acids is 2. The highest BCUT2D eigenvalue weighted by Gasteiger charge is 2.24. The van der Waals surface area contributed by atoms with Crippen LogP contribution in [-0.2, 0) is 9.59 Å². The van der Waals surface area contributed by atoms with Gasteiger partial charge in [-0.25, -0.2) is 0 Å². The van der Waals surface area contributed by atoms with E-state index < -0.39 is 0 Å². The fraction of sp³-hybridized carbons (Fsp3) is 0.556. The summed E-state index contributed by atoms with van der Waals surface area (Å²) in [6.45, 7) is 6.46. The summed E-state index contributed by atoms with van der Waals surface area (Å²) in [7, 11) is 0. The van der Waals surface area contributed by atoms with E-state index in [2.05, 4.69) is 0 Å². The Morgan fingerprint density at radius 2 is 1.62 bits per heavy atom. The summed E-state index contributed by atoms with van der Waals surface area (Å²) in [5.74, 6) is 0.240. The van der Waals surface area contributed by atoms with Crippen LogP contribution in [-0.4, -0.2) is 47.8 Å². The predicted octanol–water partition coefficient (Wildman–Crippen LogP) is 2.22. The Bertz CT molecular complexity index is 536. The number of carbonyl (C=O) groups is 2. The average Bonchev–Trinajstić information content (AvgIpc) is 2.80.